The molecule has 8 heterocycles. The first-order chi connectivity index (χ1) is 28.6. The van der Waals surface area contributed by atoms with Crippen molar-refractivity contribution in [2.24, 2.45) is 13.0 Å². The number of para-hydroxylation sites is 1. The van der Waals surface area contributed by atoms with Gasteiger partial charge in [0.1, 0.15) is 11.4 Å². The minimum absolute atomic E-state index is 0.00350. The van der Waals surface area contributed by atoms with Crippen LogP contribution in [0.4, 0.5) is 20.3 Å². The Balaban J connectivity index is 0.729. The monoisotopic (exact) mass is 810 g/mol. The van der Waals surface area contributed by atoms with E-state index in [-0.39, 0.29) is 41.3 Å². The third-order valence-electron chi connectivity index (χ3n) is 13.3. The number of anilines is 2. The van der Waals surface area contributed by atoms with Crippen molar-refractivity contribution in [1.82, 2.24) is 49.3 Å². The maximum Gasteiger partial charge on any atom is 0.284 e. The molecule has 1 aliphatic carbocycles. The molecule has 4 saturated heterocycles. The number of halogens is 2. The second-order valence-corrected chi connectivity index (χ2v) is 17.0. The van der Waals surface area contributed by atoms with E-state index in [9.17, 15) is 23.2 Å². The highest BCUT2D eigenvalue weighted by Crippen LogP contribution is 2.41. The van der Waals surface area contributed by atoms with Gasteiger partial charge in [0, 0.05) is 56.9 Å². The average Bonchev–Trinajstić information content (AvgIpc) is 4.06. The lowest BCUT2D eigenvalue weighted by atomic mass is 9.79. The van der Waals surface area contributed by atoms with E-state index in [0.717, 1.165) is 87.2 Å². The van der Waals surface area contributed by atoms with Crippen molar-refractivity contribution in [2.75, 3.05) is 50.1 Å². The lowest BCUT2D eigenvalue weighted by Crippen LogP contribution is -2.46. The number of carbonyl (C=O) groups excluding carboxylic acids is 3. The van der Waals surface area contributed by atoms with E-state index in [1.165, 1.54) is 22.5 Å². The van der Waals surface area contributed by atoms with Crippen molar-refractivity contribution in [2.45, 2.75) is 88.1 Å². The van der Waals surface area contributed by atoms with E-state index in [0.29, 0.717) is 37.1 Å². The van der Waals surface area contributed by atoms with E-state index < -0.39 is 23.9 Å². The molecule has 5 fully saturated rings. The first-order valence-electron chi connectivity index (χ1n) is 20.7. The van der Waals surface area contributed by atoms with Crippen LogP contribution in [0.1, 0.15) is 90.6 Å². The number of likely N-dealkylation sites (tertiary alicyclic amines) is 1. The number of fused-ring (bicyclic) bond motifs is 4. The summed E-state index contributed by atoms with van der Waals surface area (Å²) in [5, 5.41) is 19.4. The van der Waals surface area contributed by atoms with E-state index in [1.807, 2.05) is 29.9 Å². The van der Waals surface area contributed by atoms with Gasteiger partial charge in [-0.15, -0.1) is 0 Å². The molecule has 1 saturated carbocycles. The van der Waals surface area contributed by atoms with Crippen molar-refractivity contribution in [1.29, 1.82) is 0 Å². The van der Waals surface area contributed by atoms with E-state index in [4.69, 9.17) is 14.8 Å². The van der Waals surface area contributed by atoms with Gasteiger partial charge in [-0.3, -0.25) is 34.0 Å². The van der Waals surface area contributed by atoms with Crippen molar-refractivity contribution < 1.29 is 27.9 Å². The quantitative estimate of drug-likeness (QED) is 0.186. The number of rotatable bonds is 11. The fourth-order valence-electron chi connectivity index (χ4n) is 10.1. The van der Waals surface area contributed by atoms with Gasteiger partial charge >= 0.3 is 0 Å². The van der Waals surface area contributed by atoms with Crippen LogP contribution in [0.15, 0.2) is 42.9 Å². The predicted molar refractivity (Wildman–Crippen MR) is 212 cm³/mol. The number of carbonyl (C=O) groups is 3. The summed E-state index contributed by atoms with van der Waals surface area (Å²) in [4.78, 5) is 49.8. The predicted octanol–water partition coefficient (Wildman–Crippen LogP) is 4.05. The summed E-state index contributed by atoms with van der Waals surface area (Å²) in [7, 11) is 4.10. The second-order valence-electron chi connectivity index (χ2n) is 17.0. The third kappa shape index (κ3) is 7.03. The topological polar surface area (TPSA) is 160 Å². The molecule has 2 N–H and O–H groups in total. The molecule has 2 bridgehead atoms. The molecular weight excluding hydrogens is 763 g/mol. The smallest absolute Gasteiger partial charge is 0.284 e. The zero-order chi connectivity index (χ0) is 40.5. The van der Waals surface area contributed by atoms with Gasteiger partial charge < -0.3 is 19.9 Å². The Labute approximate surface area is 338 Å². The molecule has 0 spiro atoms. The molecule has 0 radical (unpaired) electrons. The molecule has 3 atom stereocenters. The fourth-order valence-corrected chi connectivity index (χ4v) is 10.1. The molecule has 4 aliphatic heterocycles. The van der Waals surface area contributed by atoms with Gasteiger partial charge in [0.25, 0.3) is 12.3 Å². The number of nitrogens with one attached hydrogen (secondary N) is 2. The Hall–Kier alpha value is -5.33. The average molecular weight is 811 g/mol. The summed E-state index contributed by atoms with van der Waals surface area (Å²) < 4.78 is 39.2. The molecule has 4 aromatic heterocycles. The van der Waals surface area contributed by atoms with Crippen LogP contribution in [0.2, 0.25) is 0 Å². The molecule has 16 nitrogen and oxygen atoms in total. The zero-order valence-corrected chi connectivity index (χ0v) is 33.1. The summed E-state index contributed by atoms with van der Waals surface area (Å²) in [5.41, 5.74) is 3.03. The number of aromatic nitrogens is 7. The molecule has 10 rings (SSSR count). The fraction of sp³-hybridized carbons (Fsp3) is 0.537. The van der Waals surface area contributed by atoms with Crippen LogP contribution in [0.3, 0.4) is 0 Å². The minimum Gasteiger partial charge on any atom is -0.374 e. The first kappa shape index (κ1) is 37.9. The van der Waals surface area contributed by atoms with Crippen LogP contribution in [-0.4, -0.2) is 120 Å². The van der Waals surface area contributed by atoms with E-state index >= 15 is 0 Å². The van der Waals surface area contributed by atoms with E-state index in [1.54, 1.807) is 10.9 Å². The van der Waals surface area contributed by atoms with Crippen LogP contribution in [0.25, 0.3) is 16.6 Å². The third-order valence-corrected chi connectivity index (χ3v) is 13.3. The minimum atomic E-state index is -2.85. The number of aryl methyl sites for hydroxylation is 1. The number of alkyl halides is 2. The molecule has 59 heavy (non-hydrogen) atoms. The summed E-state index contributed by atoms with van der Waals surface area (Å²) in [6.45, 7) is 5.00. The largest absolute Gasteiger partial charge is 0.374 e. The zero-order valence-electron chi connectivity index (χ0n) is 33.1. The van der Waals surface area contributed by atoms with Gasteiger partial charge in [-0.1, -0.05) is 18.2 Å². The molecule has 310 valence electrons. The number of amides is 3. The number of nitrogens with zero attached hydrogens (tertiary/aromatic N) is 10. The SMILES string of the molecule is CN(CC1CC(n2cc(NC(=O)c3cnn4ccc(N5C[C@H]6C[C@@H]5CO6)nc34)c(C(F)F)n2)C1)C1CCN(Cc2cccc3c(C4CCC(=O)NC4=O)nn(C)c23)CC1. The summed E-state index contributed by atoms with van der Waals surface area (Å²) in [6.07, 6.45) is 7.48. The maximum absolute atomic E-state index is 14.2. The Kier molecular flexibility index (Phi) is 9.67. The number of benzene rings is 1. The van der Waals surface area contributed by atoms with Crippen molar-refractivity contribution in [3.8, 4) is 0 Å². The Morgan fingerprint density at radius 2 is 1.92 bits per heavy atom. The van der Waals surface area contributed by atoms with Crippen molar-refractivity contribution in [3.05, 3.63) is 65.4 Å². The van der Waals surface area contributed by atoms with Crippen LogP contribution < -0.4 is 15.5 Å². The van der Waals surface area contributed by atoms with Crippen LogP contribution in [-0.2, 0) is 27.9 Å². The number of ether oxygens (including phenoxy) is 1. The van der Waals surface area contributed by atoms with Crippen LogP contribution in [0.5, 0.6) is 0 Å². The van der Waals surface area contributed by atoms with Crippen molar-refractivity contribution >= 4 is 45.8 Å². The highest BCUT2D eigenvalue weighted by Gasteiger charge is 2.40. The molecule has 3 amide bonds. The number of imide groups is 1. The highest BCUT2D eigenvalue weighted by atomic mass is 19.3. The van der Waals surface area contributed by atoms with Gasteiger partial charge in [0.15, 0.2) is 11.3 Å². The molecular formula is C41H48F2N12O4. The van der Waals surface area contributed by atoms with Gasteiger partial charge in [-0.05, 0) is 76.2 Å². The highest BCUT2D eigenvalue weighted by molar-refractivity contribution is 6.08. The molecule has 5 aromatic rings. The second kappa shape index (κ2) is 15.0. The number of hydrogen-bond acceptors (Lipinski definition) is 11. The van der Waals surface area contributed by atoms with Crippen molar-refractivity contribution in [3.63, 3.8) is 0 Å². The Morgan fingerprint density at radius 1 is 1.08 bits per heavy atom. The maximum atomic E-state index is 14.2. The Bertz CT molecular complexity index is 2430. The Morgan fingerprint density at radius 3 is 2.66 bits per heavy atom. The standard InChI is InChI=1S/C41H48F2N12O4/c1-50(25-8-11-52(12-9-25)19-24-4-3-5-29-35(48-51(2)37(24)29)30-6-7-34(56)47-40(30)57)18-23-14-26(15-23)55-21-32(36(49-55)38(42)43)45-41(58)31-17-44-54-13-10-33(46-39(31)54)53-20-28-16-27(53)22-59-28/h3-5,10,13,17,21,23,25-28,30,38H,6-9,11-12,14-16,18-20,22H2,1-2H3,(H,45,58)(H,47,56,57)/t23?,26?,27-,28-,30?/m1/s1. The van der Waals surface area contributed by atoms with Crippen LogP contribution in [0, 0.1) is 5.92 Å². The molecule has 1 aromatic carbocycles. The number of hydrogen-bond donors (Lipinski definition) is 2. The van der Waals surface area contributed by atoms with Gasteiger partial charge in [-0.2, -0.15) is 15.3 Å². The summed E-state index contributed by atoms with van der Waals surface area (Å²) in [6, 6.07) is 8.71. The first-order valence-corrected chi connectivity index (χ1v) is 20.7. The van der Waals surface area contributed by atoms with Gasteiger partial charge in [0.05, 0.1) is 53.8 Å². The normalized spacial score (nSPS) is 25.2. The summed E-state index contributed by atoms with van der Waals surface area (Å²) >= 11 is 0. The van der Waals surface area contributed by atoms with Crippen LogP contribution >= 0.6 is 0 Å². The summed E-state index contributed by atoms with van der Waals surface area (Å²) in [5.74, 6) is -0.358. The van der Waals surface area contributed by atoms with E-state index in [2.05, 4.69) is 48.6 Å². The lowest BCUT2D eigenvalue weighted by molar-refractivity contribution is -0.134. The number of morpholine rings is 1. The van der Waals surface area contributed by atoms with Gasteiger partial charge in [0.2, 0.25) is 11.8 Å². The number of piperidine rings is 2. The molecule has 5 aliphatic rings. The molecule has 18 heteroatoms. The van der Waals surface area contributed by atoms with Gasteiger partial charge in [-0.25, -0.2) is 18.3 Å². The lowest BCUT2D eigenvalue weighted by Gasteiger charge is -2.42. The molecule has 1 unspecified atom stereocenters.